The highest BCUT2D eigenvalue weighted by atomic mass is 32.2. The zero-order chi connectivity index (χ0) is 13.1. The molecule has 0 saturated heterocycles. The molecule has 1 heterocycles. The van der Waals surface area contributed by atoms with E-state index in [9.17, 15) is 13.2 Å². The number of furan rings is 1. The average Bonchev–Trinajstić information content (AvgIpc) is 2.73. The lowest BCUT2D eigenvalue weighted by atomic mass is 10.3. The molecule has 0 unspecified atom stereocenters. The van der Waals surface area contributed by atoms with Gasteiger partial charge in [0.15, 0.2) is 5.76 Å². The summed E-state index contributed by atoms with van der Waals surface area (Å²) in [5.41, 5.74) is 0. The number of sulfonamides is 1. The number of primary sulfonamides is 1. The van der Waals surface area contributed by atoms with Crippen molar-refractivity contribution in [2.24, 2.45) is 5.14 Å². The Labute approximate surface area is 100 Å². The van der Waals surface area contributed by atoms with Crippen molar-refractivity contribution >= 4 is 15.9 Å². The van der Waals surface area contributed by atoms with Gasteiger partial charge in [-0.05, 0) is 18.6 Å². The van der Waals surface area contributed by atoms with Crippen molar-refractivity contribution in [1.82, 2.24) is 4.90 Å². The molecule has 6 nitrogen and oxygen atoms in total. The zero-order valence-corrected chi connectivity index (χ0v) is 10.7. The number of nitrogens with zero attached hydrogens (tertiary/aromatic N) is 1. The third-order valence-corrected chi connectivity index (χ3v) is 3.05. The first-order valence-electron chi connectivity index (χ1n) is 5.24. The standard InChI is InChI=1S/C10H16N2O4S/c1-3-4-7-12(2)10(13)8-5-6-9(16-8)17(11,14)15/h5-6H,3-4,7H2,1-2H3,(H2,11,14,15). The predicted octanol–water partition coefficient (Wildman–Crippen LogP) is 0.799. The molecule has 0 fully saturated rings. The molecule has 1 aromatic heterocycles. The molecule has 0 aliphatic carbocycles. The van der Waals surface area contributed by atoms with Crippen molar-refractivity contribution in [1.29, 1.82) is 0 Å². The molecule has 0 aromatic carbocycles. The van der Waals surface area contributed by atoms with Gasteiger partial charge in [-0.2, -0.15) is 0 Å². The van der Waals surface area contributed by atoms with Crippen LogP contribution in [-0.4, -0.2) is 32.8 Å². The number of carbonyl (C=O) groups is 1. The second kappa shape index (κ2) is 5.33. The lowest BCUT2D eigenvalue weighted by Crippen LogP contribution is -2.27. The van der Waals surface area contributed by atoms with Crippen LogP contribution in [0.3, 0.4) is 0 Å². The molecule has 0 atom stereocenters. The van der Waals surface area contributed by atoms with Gasteiger partial charge in [0, 0.05) is 13.6 Å². The third kappa shape index (κ3) is 3.57. The average molecular weight is 260 g/mol. The minimum atomic E-state index is -3.90. The number of amides is 1. The van der Waals surface area contributed by atoms with Crippen LogP contribution >= 0.6 is 0 Å². The summed E-state index contributed by atoms with van der Waals surface area (Å²) in [6.45, 7) is 2.62. The van der Waals surface area contributed by atoms with Gasteiger partial charge < -0.3 is 9.32 Å². The van der Waals surface area contributed by atoms with Crippen molar-refractivity contribution in [2.45, 2.75) is 24.9 Å². The van der Waals surface area contributed by atoms with Crippen LogP contribution in [0.25, 0.3) is 0 Å². The summed E-state index contributed by atoms with van der Waals surface area (Å²) >= 11 is 0. The largest absolute Gasteiger partial charge is 0.438 e. The highest BCUT2D eigenvalue weighted by Gasteiger charge is 2.19. The lowest BCUT2D eigenvalue weighted by Gasteiger charge is -2.14. The van der Waals surface area contributed by atoms with E-state index >= 15 is 0 Å². The van der Waals surface area contributed by atoms with Crippen LogP contribution in [-0.2, 0) is 10.0 Å². The molecule has 1 amide bonds. The van der Waals surface area contributed by atoms with Crippen LogP contribution in [0.1, 0.15) is 30.3 Å². The predicted molar refractivity (Wildman–Crippen MR) is 61.9 cm³/mol. The molecular formula is C10H16N2O4S. The van der Waals surface area contributed by atoms with E-state index in [1.165, 1.54) is 17.0 Å². The second-order valence-corrected chi connectivity index (χ2v) is 5.24. The summed E-state index contributed by atoms with van der Waals surface area (Å²) in [5, 5.41) is 4.48. The smallest absolute Gasteiger partial charge is 0.289 e. The Morgan fingerprint density at radius 3 is 2.59 bits per heavy atom. The van der Waals surface area contributed by atoms with Gasteiger partial charge in [-0.1, -0.05) is 13.3 Å². The summed E-state index contributed by atoms with van der Waals surface area (Å²) in [6.07, 6.45) is 1.85. The quantitative estimate of drug-likeness (QED) is 0.847. The molecular weight excluding hydrogens is 244 g/mol. The highest BCUT2D eigenvalue weighted by Crippen LogP contribution is 2.13. The van der Waals surface area contributed by atoms with Crippen molar-refractivity contribution < 1.29 is 17.6 Å². The van der Waals surface area contributed by atoms with Crippen LogP contribution in [0.4, 0.5) is 0 Å². The van der Waals surface area contributed by atoms with Gasteiger partial charge >= 0.3 is 0 Å². The fourth-order valence-electron chi connectivity index (χ4n) is 1.27. The van der Waals surface area contributed by atoms with E-state index in [4.69, 9.17) is 9.56 Å². The van der Waals surface area contributed by atoms with Crippen LogP contribution < -0.4 is 5.14 Å². The maximum Gasteiger partial charge on any atom is 0.289 e. The molecule has 96 valence electrons. The summed E-state index contributed by atoms with van der Waals surface area (Å²) in [5.74, 6) is -0.374. The molecule has 1 aromatic rings. The molecule has 17 heavy (non-hydrogen) atoms. The first kappa shape index (κ1) is 13.7. The Morgan fingerprint density at radius 1 is 1.47 bits per heavy atom. The maximum absolute atomic E-state index is 11.8. The molecule has 0 aliphatic heterocycles. The molecule has 7 heteroatoms. The maximum atomic E-state index is 11.8. The summed E-state index contributed by atoms with van der Waals surface area (Å²) in [7, 11) is -2.26. The Bertz CT molecular complexity index is 492. The topological polar surface area (TPSA) is 93.6 Å². The van der Waals surface area contributed by atoms with Gasteiger partial charge in [-0.25, -0.2) is 13.6 Å². The Hall–Kier alpha value is -1.34. The Balaban J connectivity index is 2.80. The van der Waals surface area contributed by atoms with Gasteiger partial charge in [0.25, 0.3) is 15.9 Å². The molecule has 0 aliphatic rings. The van der Waals surface area contributed by atoms with Gasteiger partial charge in [0.2, 0.25) is 5.09 Å². The van der Waals surface area contributed by atoms with Crippen LogP contribution in [0, 0.1) is 0 Å². The van der Waals surface area contributed by atoms with Crippen molar-refractivity contribution in [3.63, 3.8) is 0 Å². The fourth-order valence-corrected chi connectivity index (χ4v) is 1.74. The van der Waals surface area contributed by atoms with Crippen LogP contribution in [0.5, 0.6) is 0 Å². The number of nitrogens with two attached hydrogens (primary N) is 1. The van der Waals surface area contributed by atoms with E-state index in [0.29, 0.717) is 6.54 Å². The number of unbranched alkanes of at least 4 members (excludes halogenated alkanes) is 1. The minimum Gasteiger partial charge on any atom is -0.438 e. The second-order valence-electron chi connectivity index (χ2n) is 3.74. The van der Waals surface area contributed by atoms with Gasteiger partial charge in [-0.15, -0.1) is 0 Å². The first-order valence-corrected chi connectivity index (χ1v) is 6.79. The molecule has 1 rings (SSSR count). The van der Waals surface area contributed by atoms with Crippen molar-refractivity contribution in [3.8, 4) is 0 Å². The van der Waals surface area contributed by atoms with E-state index in [1.807, 2.05) is 6.92 Å². The molecule has 2 N–H and O–H groups in total. The van der Waals surface area contributed by atoms with Crippen molar-refractivity contribution in [2.75, 3.05) is 13.6 Å². The summed E-state index contributed by atoms with van der Waals surface area (Å²) < 4.78 is 26.8. The highest BCUT2D eigenvalue weighted by molar-refractivity contribution is 7.89. The first-order chi connectivity index (χ1) is 7.86. The number of hydrogen-bond acceptors (Lipinski definition) is 4. The monoisotopic (exact) mass is 260 g/mol. The van der Waals surface area contributed by atoms with Crippen molar-refractivity contribution in [3.05, 3.63) is 17.9 Å². The molecule has 0 spiro atoms. The lowest BCUT2D eigenvalue weighted by molar-refractivity contribution is 0.0756. The summed E-state index contributed by atoms with van der Waals surface area (Å²) in [6, 6.07) is 2.49. The fraction of sp³-hybridized carbons (Fsp3) is 0.500. The van der Waals surface area contributed by atoms with Gasteiger partial charge in [-0.3, -0.25) is 4.79 Å². The molecule has 0 bridgehead atoms. The zero-order valence-electron chi connectivity index (χ0n) is 9.84. The molecule has 0 radical (unpaired) electrons. The normalized spacial score (nSPS) is 11.5. The summed E-state index contributed by atoms with van der Waals surface area (Å²) in [4.78, 5) is 13.3. The SMILES string of the molecule is CCCCN(C)C(=O)c1ccc(S(N)(=O)=O)o1. The number of carbonyl (C=O) groups excluding carboxylic acids is 1. The van der Waals surface area contributed by atoms with E-state index in [2.05, 4.69) is 0 Å². The Kier molecular flexibility index (Phi) is 4.30. The number of hydrogen-bond donors (Lipinski definition) is 1. The molecule has 0 saturated carbocycles. The Morgan fingerprint density at radius 2 is 2.12 bits per heavy atom. The minimum absolute atomic E-state index is 0.0207. The van der Waals surface area contributed by atoms with E-state index in [1.54, 1.807) is 7.05 Å². The third-order valence-electron chi connectivity index (χ3n) is 2.27. The van der Waals surface area contributed by atoms with Gasteiger partial charge in [0.1, 0.15) is 0 Å². The van der Waals surface area contributed by atoms with Crippen LogP contribution in [0.2, 0.25) is 0 Å². The van der Waals surface area contributed by atoms with E-state index in [-0.39, 0.29) is 11.7 Å². The number of rotatable bonds is 5. The van der Waals surface area contributed by atoms with E-state index < -0.39 is 15.1 Å². The van der Waals surface area contributed by atoms with Crippen LogP contribution in [0.15, 0.2) is 21.6 Å². The van der Waals surface area contributed by atoms with E-state index in [0.717, 1.165) is 12.8 Å². The van der Waals surface area contributed by atoms with Gasteiger partial charge in [0.05, 0.1) is 0 Å².